The highest BCUT2D eigenvalue weighted by molar-refractivity contribution is 5.77. The molecule has 7 nitrogen and oxygen atoms in total. The maximum absolute atomic E-state index is 11.3. The first-order valence-electron chi connectivity index (χ1n) is 8.86. The van der Waals surface area contributed by atoms with Crippen LogP contribution in [0.25, 0.3) is 0 Å². The number of hydrogen-bond donors (Lipinski definition) is 1. The van der Waals surface area contributed by atoms with Crippen molar-refractivity contribution in [2.75, 3.05) is 34.0 Å². The summed E-state index contributed by atoms with van der Waals surface area (Å²) in [6.07, 6.45) is 0.501. The number of nitrogens with zero attached hydrogens (tertiary/aromatic N) is 1. The van der Waals surface area contributed by atoms with Gasteiger partial charge in [0.1, 0.15) is 31.1 Å². The number of rotatable bonds is 11. The molecule has 0 aliphatic carbocycles. The number of ether oxygens (including phenoxy) is 4. The van der Waals surface area contributed by atoms with Gasteiger partial charge in [0.05, 0.1) is 20.3 Å². The summed E-state index contributed by atoms with van der Waals surface area (Å²) in [5.41, 5.74) is 0.995. The van der Waals surface area contributed by atoms with Gasteiger partial charge in [-0.05, 0) is 36.2 Å². The van der Waals surface area contributed by atoms with Crippen LogP contribution in [-0.4, -0.2) is 39.9 Å². The Labute approximate surface area is 164 Å². The monoisotopic (exact) mass is 384 g/mol. The zero-order chi connectivity index (χ0) is 20.2. The Kier molecular flexibility index (Phi) is 8.47. The number of amides is 1. The molecule has 0 radical (unpaired) electrons. The lowest BCUT2D eigenvalue weighted by molar-refractivity contribution is -0.120. The molecule has 0 aliphatic heterocycles. The number of methoxy groups -OCH3 is 2. The van der Waals surface area contributed by atoms with Crippen LogP contribution in [0.15, 0.2) is 42.5 Å². The van der Waals surface area contributed by atoms with Crippen LogP contribution >= 0.6 is 0 Å². The van der Waals surface area contributed by atoms with E-state index in [1.54, 1.807) is 14.2 Å². The number of carbonyl (C=O) groups is 1. The molecule has 0 aliphatic rings. The SMILES string of the molecule is COc1cccc(OCCOc2ccc(CCNC(=O)CC#N)cc2OC)c1. The van der Waals surface area contributed by atoms with Crippen LogP contribution < -0.4 is 24.3 Å². The van der Waals surface area contributed by atoms with Gasteiger partial charge in [0.25, 0.3) is 0 Å². The summed E-state index contributed by atoms with van der Waals surface area (Å²) < 4.78 is 21.9. The zero-order valence-electron chi connectivity index (χ0n) is 16.1. The van der Waals surface area contributed by atoms with Crippen molar-refractivity contribution < 1.29 is 23.7 Å². The van der Waals surface area contributed by atoms with Crippen LogP contribution in [0.2, 0.25) is 0 Å². The normalized spacial score (nSPS) is 9.89. The molecule has 0 atom stereocenters. The summed E-state index contributed by atoms with van der Waals surface area (Å²) in [4.78, 5) is 11.3. The second-order valence-corrected chi connectivity index (χ2v) is 5.80. The predicted molar refractivity (Wildman–Crippen MR) is 104 cm³/mol. The minimum absolute atomic E-state index is 0.131. The zero-order valence-corrected chi connectivity index (χ0v) is 16.1. The lowest BCUT2D eigenvalue weighted by Crippen LogP contribution is -2.24. The molecular weight excluding hydrogens is 360 g/mol. The molecule has 2 aromatic rings. The third-order valence-corrected chi connectivity index (χ3v) is 3.85. The van der Waals surface area contributed by atoms with Gasteiger partial charge in [-0.3, -0.25) is 4.79 Å². The summed E-state index contributed by atoms with van der Waals surface area (Å²) >= 11 is 0. The highest BCUT2D eigenvalue weighted by Gasteiger charge is 2.07. The highest BCUT2D eigenvalue weighted by Crippen LogP contribution is 2.28. The number of nitrogens with one attached hydrogen (secondary N) is 1. The van der Waals surface area contributed by atoms with E-state index in [-0.39, 0.29) is 12.3 Å². The van der Waals surface area contributed by atoms with Crippen molar-refractivity contribution in [2.24, 2.45) is 0 Å². The average molecular weight is 384 g/mol. The number of benzene rings is 2. The van der Waals surface area contributed by atoms with Gasteiger partial charge in [-0.2, -0.15) is 5.26 Å². The van der Waals surface area contributed by atoms with Gasteiger partial charge >= 0.3 is 0 Å². The van der Waals surface area contributed by atoms with Crippen molar-refractivity contribution in [3.63, 3.8) is 0 Å². The summed E-state index contributed by atoms with van der Waals surface area (Å²) in [7, 11) is 3.19. The second kappa shape index (κ2) is 11.3. The quantitative estimate of drug-likeness (QED) is 0.599. The van der Waals surface area contributed by atoms with Crippen molar-refractivity contribution in [1.82, 2.24) is 5.32 Å². The maximum Gasteiger partial charge on any atom is 0.234 e. The Morgan fingerprint density at radius 3 is 2.54 bits per heavy atom. The van der Waals surface area contributed by atoms with Crippen LogP contribution in [0.1, 0.15) is 12.0 Å². The van der Waals surface area contributed by atoms with E-state index in [2.05, 4.69) is 5.32 Å². The molecule has 7 heteroatoms. The minimum atomic E-state index is -0.273. The highest BCUT2D eigenvalue weighted by atomic mass is 16.5. The molecular formula is C21H24N2O5. The molecule has 0 spiro atoms. The van der Waals surface area contributed by atoms with Gasteiger partial charge in [-0.1, -0.05) is 12.1 Å². The van der Waals surface area contributed by atoms with Gasteiger partial charge in [0.2, 0.25) is 5.91 Å². The average Bonchev–Trinajstić information content (AvgIpc) is 2.72. The smallest absolute Gasteiger partial charge is 0.234 e. The van der Waals surface area contributed by atoms with Crippen LogP contribution in [0.5, 0.6) is 23.0 Å². The Bertz CT molecular complexity index is 817. The fourth-order valence-corrected chi connectivity index (χ4v) is 2.47. The molecule has 0 fully saturated rings. The van der Waals surface area contributed by atoms with Crippen LogP contribution in [0.3, 0.4) is 0 Å². The van der Waals surface area contributed by atoms with Crippen molar-refractivity contribution in [3.8, 4) is 29.1 Å². The largest absolute Gasteiger partial charge is 0.497 e. The molecule has 0 aromatic heterocycles. The Hall–Kier alpha value is -3.40. The summed E-state index contributed by atoms with van der Waals surface area (Å²) in [6.45, 7) is 1.19. The van der Waals surface area contributed by atoms with Gasteiger partial charge in [-0.15, -0.1) is 0 Å². The molecule has 0 saturated carbocycles. The number of nitriles is 1. The topological polar surface area (TPSA) is 89.8 Å². The van der Waals surface area contributed by atoms with E-state index in [1.807, 2.05) is 48.5 Å². The third kappa shape index (κ3) is 6.72. The van der Waals surface area contributed by atoms with Gasteiger partial charge in [0.15, 0.2) is 11.5 Å². The molecule has 2 aromatic carbocycles. The van der Waals surface area contributed by atoms with Gasteiger partial charge < -0.3 is 24.3 Å². The predicted octanol–water partition coefficient (Wildman–Crippen LogP) is 2.73. The lowest BCUT2D eigenvalue weighted by atomic mass is 10.1. The minimum Gasteiger partial charge on any atom is -0.497 e. The summed E-state index contributed by atoms with van der Waals surface area (Å²) in [6, 6.07) is 14.8. The molecule has 0 saturated heterocycles. The third-order valence-electron chi connectivity index (χ3n) is 3.85. The molecule has 1 amide bonds. The first-order valence-corrected chi connectivity index (χ1v) is 8.86. The molecule has 1 N–H and O–H groups in total. The number of hydrogen-bond acceptors (Lipinski definition) is 6. The Morgan fingerprint density at radius 2 is 1.79 bits per heavy atom. The van der Waals surface area contributed by atoms with E-state index in [1.165, 1.54) is 0 Å². The number of carbonyl (C=O) groups excluding carboxylic acids is 1. The molecule has 0 bridgehead atoms. The molecule has 2 rings (SSSR count). The fourth-order valence-electron chi connectivity index (χ4n) is 2.47. The van der Waals surface area contributed by atoms with Crippen LogP contribution in [-0.2, 0) is 11.2 Å². The van der Waals surface area contributed by atoms with E-state index in [0.29, 0.717) is 43.4 Å². The van der Waals surface area contributed by atoms with Crippen molar-refractivity contribution in [2.45, 2.75) is 12.8 Å². The maximum atomic E-state index is 11.3. The molecule has 0 heterocycles. The van der Waals surface area contributed by atoms with E-state index >= 15 is 0 Å². The van der Waals surface area contributed by atoms with E-state index < -0.39 is 0 Å². The first-order chi connectivity index (χ1) is 13.7. The van der Waals surface area contributed by atoms with Crippen LogP contribution in [0.4, 0.5) is 0 Å². The van der Waals surface area contributed by atoms with E-state index in [0.717, 1.165) is 11.3 Å². The Morgan fingerprint density at radius 1 is 1.00 bits per heavy atom. The van der Waals surface area contributed by atoms with Crippen molar-refractivity contribution in [1.29, 1.82) is 5.26 Å². The first kappa shape index (κ1) is 20.9. The van der Waals surface area contributed by atoms with Crippen LogP contribution in [0, 0.1) is 11.3 Å². The van der Waals surface area contributed by atoms with Gasteiger partial charge in [0, 0.05) is 12.6 Å². The molecule has 148 valence electrons. The summed E-state index contributed by atoms with van der Waals surface area (Å²) in [5.74, 6) is 2.41. The van der Waals surface area contributed by atoms with E-state index in [9.17, 15) is 4.79 Å². The molecule has 28 heavy (non-hydrogen) atoms. The van der Waals surface area contributed by atoms with Crippen molar-refractivity contribution in [3.05, 3.63) is 48.0 Å². The fraction of sp³-hybridized carbons (Fsp3) is 0.333. The lowest BCUT2D eigenvalue weighted by Gasteiger charge is -2.13. The second-order valence-electron chi connectivity index (χ2n) is 5.80. The van der Waals surface area contributed by atoms with E-state index in [4.69, 9.17) is 24.2 Å². The standard InChI is InChI=1S/C21H24N2O5/c1-25-17-4-3-5-18(15-17)27-12-13-28-19-7-6-16(14-20(19)26-2)9-11-23-21(24)8-10-22/h3-7,14-15H,8-9,11-13H2,1-2H3,(H,23,24). The molecule has 0 unspecified atom stereocenters. The Balaban J connectivity index is 1.81. The van der Waals surface area contributed by atoms with Gasteiger partial charge in [-0.25, -0.2) is 0 Å². The summed E-state index contributed by atoms with van der Waals surface area (Å²) in [5, 5.41) is 11.2. The van der Waals surface area contributed by atoms with Crippen molar-refractivity contribution >= 4 is 5.91 Å².